The Morgan fingerprint density at radius 2 is 1.80 bits per heavy atom. The third kappa shape index (κ3) is 4.68. The maximum atomic E-state index is 11.4. The Bertz CT molecular complexity index is 498. The summed E-state index contributed by atoms with van der Waals surface area (Å²) < 4.78 is 33.1. The molecule has 0 spiro atoms. The van der Waals surface area contributed by atoms with E-state index in [2.05, 4.69) is 5.32 Å². The molecule has 1 saturated heterocycles. The second-order valence-electron chi connectivity index (χ2n) is 4.94. The number of methoxy groups -OCH3 is 1. The van der Waals surface area contributed by atoms with E-state index in [1.54, 1.807) is 7.11 Å². The van der Waals surface area contributed by atoms with Crippen LogP contribution in [-0.2, 0) is 14.6 Å². The highest BCUT2D eigenvalue weighted by Crippen LogP contribution is 2.20. The lowest BCUT2D eigenvalue weighted by molar-refractivity contribution is 0.146. The summed E-state index contributed by atoms with van der Waals surface area (Å²) in [6.07, 6.45) is 1.35. The van der Waals surface area contributed by atoms with Crippen LogP contribution in [0.4, 0.5) is 5.69 Å². The first-order valence-electron chi connectivity index (χ1n) is 6.78. The van der Waals surface area contributed by atoms with E-state index in [0.29, 0.717) is 26.1 Å². The Kier molecular flexibility index (Phi) is 5.25. The van der Waals surface area contributed by atoms with Gasteiger partial charge in [-0.1, -0.05) is 0 Å². The second-order valence-corrected chi connectivity index (χ2v) is 7.24. The molecular formula is C14H21NO4S. The molecule has 0 radical (unpaired) electrons. The summed E-state index contributed by atoms with van der Waals surface area (Å²) >= 11 is 0. The lowest BCUT2D eigenvalue weighted by Crippen LogP contribution is -2.32. The summed E-state index contributed by atoms with van der Waals surface area (Å²) in [4.78, 5) is 0. The first kappa shape index (κ1) is 15.1. The molecule has 0 aliphatic carbocycles. The second kappa shape index (κ2) is 6.95. The molecule has 1 heterocycles. The minimum Gasteiger partial charge on any atom is -0.491 e. The summed E-state index contributed by atoms with van der Waals surface area (Å²) in [6.45, 7) is 1.10. The number of hydrogen-bond donors (Lipinski definition) is 1. The van der Waals surface area contributed by atoms with Crippen LogP contribution in [0.2, 0.25) is 0 Å². The smallest absolute Gasteiger partial charge is 0.150 e. The van der Waals surface area contributed by atoms with E-state index < -0.39 is 9.84 Å². The third-order valence-corrected chi connectivity index (χ3v) is 5.05. The lowest BCUT2D eigenvalue weighted by atomic mass is 10.1. The molecule has 2 rings (SSSR count). The predicted octanol–water partition coefficient (Wildman–Crippen LogP) is 1.70. The standard InChI is InChI=1S/C14H21NO4S/c1-18-8-9-19-14-4-2-12(3-5-14)15-13-6-10-20(16,17)11-7-13/h2-5,13,15H,6-11H2,1H3. The first-order valence-corrected chi connectivity index (χ1v) is 8.60. The summed E-state index contributed by atoms with van der Waals surface area (Å²) in [6, 6.07) is 7.93. The number of benzene rings is 1. The Balaban J connectivity index is 1.82. The largest absolute Gasteiger partial charge is 0.491 e. The number of nitrogens with one attached hydrogen (secondary N) is 1. The molecule has 0 unspecified atom stereocenters. The lowest BCUT2D eigenvalue weighted by Gasteiger charge is -2.24. The summed E-state index contributed by atoms with van der Waals surface area (Å²) in [5.41, 5.74) is 0.994. The van der Waals surface area contributed by atoms with Gasteiger partial charge in [0.15, 0.2) is 0 Å². The number of rotatable bonds is 6. The van der Waals surface area contributed by atoms with E-state index >= 15 is 0 Å². The van der Waals surface area contributed by atoms with Crippen molar-refractivity contribution in [1.29, 1.82) is 0 Å². The zero-order chi connectivity index (χ0) is 14.4. The molecule has 0 atom stereocenters. The van der Waals surface area contributed by atoms with E-state index in [-0.39, 0.29) is 17.5 Å². The quantitative estimate of drug-likeness (QED) is 0.810. The van der Waals surface area contributed by atoms with Crippen molar-refractivity contribution in [3.8, 4) is 5.75 Å². The topological polar surface area (TPSA) is 64.6 Å². The summed E-state index contributed by atoms with van der Waals surface area (Å²) in [5, 5.41) is 3.37. The minimum atomic E-state index is -2.80. The predicted molar refractivity (Wildman–Crippen MR) is 79.1 cm³/mol. The molecule has 112 valence electrons. The highest BCUT2D eigenvalue weighted by Gasteiger charge is 2.23. The van der Waals surface area contributed by atoms with Crippen molar-refractivity contribution in [3.05, 3.63) is 24.3 Å². The molecule has 1 fully saturated rings. The van der Waals surface area contributed by atoms with Crippen LogP contribution >= 0.6 is 0 Å². The van der Waals surface area contributed by atoms with Crippen LogP contribution in [0, 0.1) is 0 Å². The van der Waals surface area contributed by atoms with Gasteiger partial charge in [-0.3, -0.25) is 0 Å². The van der Waals surface area contributed by atoms with Gasteiger partial charge >= 0.3 is 0 Å². The third-order valence-electron chi connectivity index (χ3n) is 3.34. The monoisotopic (exact) mass is 299 g/mol. The van der Waals surface area contributed by atoms with Gasteiger partial charge in [-0.15, -0.1) is 0 Å². The van der Waals surface area contributed by atoms with Crippen molar-refractivity contribution < 1.29 is 17.9 Å². The molecule has 1 aromatic carbocycles. The Morgan fingerprint density at radius 3 is 2.40 bits per heavy atom. The van der Waals surface area contributed by atoms with Crippen LogP contribution in [0.1, 0.15) is 12.8 Å². The zero-order valence-corrected chi connectivity index (χ0v) is 12.5. The molecule has 1 N–H and O–H groups in total. The van der Waals surface area contributed by atoms with Crippen molar-refractivity contribution in [3.63, 3.8) is 0 Å². The van der Waals surface area contributed by atoms with Crippen LogP contribution in [0.3, 0.4) is 0 Å². The molecule has 6 heteroatoms. The summed E-state index contributed by atoms with van der Waals surface area (Å²) in [5.74, 6) is 1.37. The van der Waals surface area contributed by atoms with Gasteiger partial charge in [0.2, 0.25) is 0 Å². The fraction of sp³-hybridized carbons (Fsp3) is 0.571. The van der Waals surface area contributed by atoms with Gasteiger partial charge in [0.1, 0.15) is 22.2 Å². The van der Waals surface area contributed by atoms with Gasteiger partial charge in [-0.05, 0) is 37.1 Å². The van der Waals surface area contributed by atoms with Gasteiger partial charge in [-0.25, -0.2) is 8.42 Å². The molecule has 0 aromatic heterocycles. The van der Waals surface area contributed by atoms with Crippen LogP contribution < -0.4 is 10.1 Å². The normalized spacial score (nSPS) is 18.6. The molecule has 0 amide bonds. The molecule has 1 aromatic rings. The van der Waals surface area contributed by atoms with Crippen LogP contribution in [0.25, 0.3) is 0 Å². The van der Waals surface area contributed by atoms with E-state index in [1.807, 2.05) is 24.3 Å². The van der Waals surface area contributed by atoms with Gasteiger partial charge < -0.3 is 14.8 Å². The van der Waals surface area contributed by atoms with E-state index in [9.17, 15) is 8.42 Å². The van der Waals surface area contributed by atoms with Gasteiger partial charge in [0.05, 0.1) is 18.1 Å². The average molecular weight is 299 g/mol. The number of sulfone groups is 1. The van der Waals surface area contributed by atoms with Gasteiger partial charge in [-0.2, -0.15) is 0 Å². The molecule has 1 aliphatic rings. The summed E-state index contributed by atoms with van der Waals surface area (Å²) in [7, 11) is -1.16. The molecule has 20 heavy (non-hydrogen) atoms. The van der Waals surface area contributed by atoms with Crippen LogP contribution in [-0.4, -0.2) is 46.3 Å². The average Bonchev–Trinajstić information content (AvgIpc) is 2.43. The molecule has 0 bridgehead atoms. The van der Waals surface area contributed by atoms with Crippen LogP contribution in [0.15, 0.2) is 24.3 Å². The number of anilines is 1. The molecule has 5 nitrogen and oxygen atoms in total. The Hall–Kier alpha value is -1.27. The molecule has 1 aliphatic heterocycles. The molecular weight excluding hydrogens is 278 g/mol. The van der Waals surface area contributed by atoms with E-state index in [0.717, 1.165) is 11.4 Å². The SMILES string of the molecule is COCCOc1ccc(NC2CCS(=O)(=O)CC2)cc1. The number of hydrogen-bond acceptors (Lipinski definition) is 5. The first-order chi connectivity index (χ1) is 9.59. The zero-order valence-electron chi connectivity index (χ0n) is 11.7. The van der Waals surface area contributed by atoms with Gasteiger partial charge in [0, 0.05) is 18.8 Å². The maximum Gasteiger partial charge on any atom is 0.150 e. The van der Waals surface area contributed by atoms with Crippen molar-refractivity contribution >= 4 is 15.5 Å². The van der Waals surface area contributed by atoms with Crippen molar-refractivity contribution in [2.75, 3.05) is 37.1 Å². The highest BCUT2D eigenvalue weighted by atomic mass is 32.2. The van der Waals surface area contributed by atoms with E-state index in [1.165, 1.54) is 0 Å². The molecule has 0 saturated carbocycles. The fourth-order valence-corrected chi connectivity index (χ4v) is 3.65. The van der Waals surface area contributed by atoms with Gasteiger partial charge in [0.25, 0.3) is 0 Å². The van der Waals surface area contributed by atoms with Crippen molar-refractivity contribution in [2.45, 2.75) is 18.9 Å². The Labute approximate surface area is 120 Å². The van der Waals surface area contributed by atoms with E-state index in [4.69, 9.17) is 9.47 Å². The highest BCUT2D eigenvalue weighted by molar-refractivity contribution is 7.91. The fourth-order valence-electron chi connectivity index (χ4n) is 2.16. The van der Waals surface area contributed by atoms with Crippen molar-refractivity contribution in [2.24, 2.45) is 0 Å². The maximum absolute atomic E-state index is 11.4. The van der Waals surface area contributed by atoms with Crippen molar-refractivity contribution in [1.82, 2.24) is 0 Å². The number of ether oxygens (including phenoxy) is 2. The Morgan fingerprint density at radius 1 is 1.15 bits per heavy atom. The van der Waals surface area contributed by atoms with Crippen LogP contribution in [0.5, 0.6) is 5.75 Å². The minimum absolute atomic E-state index is 0.235.